The minimum Gasteiger partial charge on any atom is -0.483 e. The molecule has 0 heterocycles. The number of ether oxygens (including phenoxy) is 1. The molecule has 0 N–H and O–H groups in total. The molecule has 0 fully saturated rings. The lowest BCUT2D eigenvalue weighted by Gasteiger charge is -2.11. The molecule has 0 saturated heterocycles. The molecular formula is C16H26N2O. The molecule has 0 aliphatic carbocycles. The highest BCUT2D eigenvalue weighted by molar-refractivity contribution is 5.84. The van der Waals surface area contributed by atoms with Crippen LogP contribution in [0.5, 0.6) is 0 Å². The van der Waals surface area contributed by atoms with E-state index < -0.39 is 0 Å². The van der Waals surface area contributed by atoms with Gasteiger partial charge in [-0.3, -0.25) is 0 Å². The lowest BCUT2D eigenvalue weighted by Crippen LogP contribution is -2.22. The van der Waals surface area contributed by atoms with Crippen molar-refractivity contribution in [3.8, 4) is 0 Å². The molecule has 1 rings (SSSR count). The Hall–Kier alpha value is -1.61. The van der Waals surface area contributed by atoms with Crippen LogP contribution in [0.1, 0.15) is 25.0 Å². The zero-order chi connectivity index (χ0) is 14.8. The van der Waals surface area contributed by atoms with E-state index in [1.54, 1.807) is 7.11 Å². The molecule has 3 heteroatoms. The fraction of sp³-hybridized carbons (Fsp3) is 0.438. The number of hydrogen-bond donors (Lipinski definition) is 0. The van der Waals surface area contributed by atoms with Crippen molar-refractivity contribution in [3.05, 3.63) is 42.0 Å². The van der Waals surface area contributed by atoms with Gasteiger partial charge in [0.2, 0.25) is 5.90 Å². The normalized spacial score (nSPS) is 10.8. The van der Waals surface area contributed by atoms with Crippen molar-refractivity contribution >= 4 is 11.6 Å². The van der Waals surface area contributed by atoms with Gasteiger partial charge in [0.25, 0.3) is 0 Å². The van der Waals surface area contributed by atoms with Crippen LogP contribution in [0.15, 0.2) is 35.8 Å². The molecule has 1 aromatic rings. The maximum atomic E-state index is 5.22. The first-order chi connectivity index (χ1) is 9.02. The van der Waals surface area contributed by atoms with Crippen molar-refractivity contribution in [2.45, 2.75) is 20.8 Å². The number of nitrogens with zero attached hydrogens (tertiary/aromatic N) is 2. The highest BCUT2D eigenvalue weighted by atomic mass is 16.5. The molecule has 0 aliphatic rings. The molecule has 0 spiro atoms. The number of methoxy groups -OCH3 is 1. The van der Waals surface area contributed by atoms with Crippen LogP contribution in [0.4, 0.5) is 0 Å². The van der Waals surface area contributed by atoms with Crippen LogP contribution in [0.2, 0.25) is 0 Å². The van der Waals surface area contributed by atoms with E-state index in [0.717, 1.165) is 11.3 Å². The third-order valence-electron chi connectivity index (χ3n) is 2.33. The van der Waals surface area contributed by atoms with Gasteiger partial charge in [0.05, 0.1) is 19.4 Å². The van der Waals surface area contributed by atoms with Crippen LogP contribution < -0.4 is 0 Å². The molecular weight excluding hydrogens is 236 g/mol. The summed E-state index contributed by atoms with van der Waals surface area (Å²) in [6.07, 6.45) is 0. The number of hydrogen-bond acceptors (Lipinski definition) is 3. The maximum Gasteiger partial charge on any atom is 0.202 e. The van der Waals surface area contributed by atoms with Gasteiger partial charge >= 0.3 is 0 Å². The molecule has 0 radical (unpaired) electrons. The van der Waals surface area contributed by atoms with Crippen molar-refractivity contribution in [2.75, 3.05) is 27.7 Å². The van der Waals surface area contributed by atoms with Crippen LogP contribution >= 0.6 is 0 Å². The van der Waals surface area contributed by atoms with Crippen LogP contribution in [0, 0.1) is 6.92 Å². The van der Waals surface area contributed by atoms with Crippen molar-refractivity contribution in [1.29, 1.82) is 0 Å². The van der Waals surface area contributed by atoms with Crippen molar-refractivity contribution in [1.82, 2.24) is 4.90 Å². The molecule has 0 aliphatic heterocycles. The summed E-state index contributed by atoms with van der Waals surface area (Å²) in [4.78, 5) is 6.40. The van der Waals surface area contributed by atoms with Crippen molar-refractivity contribution < 1.29 is 4.74 Å². The number of benzene rings is 1. The second kappa shape index (κ2) is 9.34. The third kappa shape index (κ3) is 6.77. The fourth-order valence-corrected chi connectivity index (χ4v) is 1.38. The van der Waals surface area contributed by atoms with Gasteiger partial charge in [-0.1, -0.05) is 50.3 Å². The number of rotatable bonds is 4. The monoisotopic (exact) mass is 262 g/mol. The van der Waals surface area contributed by atoms with Crippen molar-refractivity contribution in [3.63, 3.8) is 0 Å². The highest BCUT2D eigenvalue weighted by Gasteiger charge is 2.03. The van der Waals surface area contributed by atoms with Crippen molar-refractivity contribution in [2.24, 2.45) is 4.99 Å². The van der Waals surface area contributed by atoms with Crippen LogP contribution in [-0.4, -0.2) is 38.5 Å². The topological polar surface area (TPSA) is 24.8 Å². The summed E-state index contributed by atoms with van der Waals surface area (Å²) >= 11 is 0. The Balaban J connectivity index is 0.00000154. The fourth-order valence-electron chi connectivity index (χ4n) is 1.38. The van der Waals surface area contributed by atoms with Gasteiger partial charge in [0.15, 0.2) is 0 Å². The van der Waals surface area contributed by atoms with E-state index in [1.165, 1.54) is 5.56 Å². The predicted octanol–water partition coefficient (Wildman–Crippen LogP) is 3.60. The Morgan fingerprint density at radius 3 is 2.16 bits per heavy atom. The first kappa shape index (κ1) is 17.4. The summed E-state index contributed by atoms with van der Waals surface area (Å²) in [5.41, 5.74) is 2.97. The summed E-state index contributed by atoms with van der Waals surface area (Å²) in [7, 11) is 5.58. The molecule has 0 bridgehead atoms. The van der Waals surface area contributed by atoms with Gasteiger partial charge in [-0.15, -0.1) is 0 Å². The zero-order valence-corrected chi connectivity index (χ0v) is 13.0. The van der Waals surface area contributed by atoms with E-state index in [2.05, 4.69) is 30.6 Å². The minimum atomic E-state index is 0.667. The van der Waals surface area contributed by atoms with E-state index in [0.29, 0.717) is 12.4 Å². The summed E-state index contributed by atoms with van der Waals surface area (Å²) in [5, 5.41) is 0. The molecule has 0 saturated carbocycles. The smallest absolute Gasteiger partial charge is 0.202 e. The zero-order valence-electron chi connectivity index (χ0n) is 13.0. The predicted molar refractivity (Wildman–Crippen MR) is 84.6 cm³/mol. The molecule has 106 valence electrons. The van der Waals surface area contributed by atoms with Crippen LogP contribution in [0.25, 0.3) is 5.70 Å². The molecule has 1 aromatic carbocycles. The largest absolute Gasteiger partial charge is 0.483 e. The molecule has 0 atom stereocenters. The molecule has 0 unspecified atom stereocenters. The van der Waals surface area contributed by atoms with Gasteiger partial charge in [-0.2, -0.15) is 0 Å². The van der Waals surface area contributed by atoms with E-state index in [-0.39, 0.29) is 0 Å². The first-order valence-corrected chi connectivity index (χ1v) is 6.55. The minimum absolute atomic E-state index is 0.667. The number of aliphatic imine (C=N–C) groups is 1. The van der Waals surface area contributed by atoms with Crippen LogP contribution in [0.3, 0.4) is 0 Å². The Morgan fingerprint density at radius 1 is 1.21 bits per heavy atom. The number of aryl methyl sites for hydroxylation is 1. The van der Waals surface area contributed by atoms with Gasteiger partial charge in [-0.05, 0) is 26.6 Å². The Bertz CT molecular complexity index is 405. The summed E-state index contributed by atoms with van der Waals surface area (Å²) in [5.74, 6) is 0.667. The highest BCUT2D eigenvalue weighted by Crippen LogP contribution is 2.14. The maximum absolute atomic E-state index is 5.22. The van der Waals surface area contributed by atoms with E-state index >= 15 is 0 Å². The van der Waals surface area contributed by atoms with Gasteiger partial charge in [-0.25, -0.2) is 4.99 Å². The molecule has 19 heavy (non-hydrogen) atoms. The number of likely N-dealkylation sites (N-methyl/N-ethyl adjacent to an activating group) is 1. The lowest BCUT2D eigenvalue weighted by atomic mass is 10.1. The molecule has 3 nitrogen and oxygen atoms in total. The average molecular weight is 262 g/mol. The van der Waals surface area contributed by atoms with E-state index in [4.69, 9.17) is 4.74 Å². The SMILES string of the molecule is C=C(N=C(CN(C)C)OC)c1ccc(C)cc1.CC. The summed E-state index contributed by atoms with van der Waals surface area (Å²) in [6, 6.07) is 8.14. The standard InChI is InChI=1S/C14H20N2O.C2H6/c1-11-6-8-13(9-7-11)12(2)15-14(17-5)10-16(3)4;1-2/h6-9H,2,10H2,1,3-5H3;1-2H3. The van der Waals surface area contributed by atoms with E-state index in [1.807, 2.05) is 45.0 Å². The lowest BCUT2D eigenvalue weighted by molar-refractivity contribution is 0.356. The third-order valence-corrected chi connectivity index (χ3v) is 2.33. The van der Waals surface area contributed by atoms with Gasteiger partial charge in [0, 0.05) is 0 Å². The van der Waals surface area contributed by atoms with Gasteiger partial charge in [0.1, 0.15) is 0 Å². The van der Waals surface area contributed by atoms with Gasteiger partial charge < -0.3 is 9.64 Å². The average Bonchev–Trinajstić information content (AvgIpc) is 2.40. The van der Waals surface area contributed by atoms with Crippen LogP contribution in [-0.2, 0) is 4.74 Å². The first-order valence-electron chi connectivity index (χ1n) is 6.55. The summed E-state index contributed by atoms with van der Waals surface area (Å²) in [6.45, 7) is 10.7. The summed E-state index contributed by atoms with van der Waals surface area (Å²) < 4.78 is 5.22. The second-order valence-electron chi connectivity index (χ2n) is 4.26. The quantitative estimate of drug-likeness (QED) is 0.612. The Morgan fingerprint density at radius 2 is 1.74 bits per heavy atom. The van der Waals surface area contributed by atoms with E-state index in [9.17, 15) is 0 Å². The molecule has 0 amide bonds. The Kier molecular flexibility index (Phi) is 8.55. The molecule has 0 aromatic heterocycles. The Labute approximate surface area is 117 Å². The second-order valence-corrected chi connectivity index (χ2v) is 4.26.